The summed E-state index contributed by atoms with van der Waals surface area (Å²) in [6, 6.07) is 2.65. The van der Waals surface area contributed by atoms with E-state index in [2.05, 4.69) is 52.7 Å². The number of aliphatic imine (C=N–C) groups is 1. The molecule has 8 nitrogen and oxygen atoms in total. The number of piperazine rings is 2. The summed E-state index contributed by atoms with van der Waals surface area (Å²) >= 11 is 0. The lowest BCUT2D eigenvalue weighted by atomic mass is 9.82. The number of rotatable bonds is 4. The lowest BCUT2D eigenvalue weighted by Crippen LogP contribution is -2.63. The molecular formula is C26H50N7O+. The predicted octanol–water partition coefficient (Wildman–Crippen LogP) is -0.170. The van der Waals surface area contributed by atoms with Crippen LogP contribution in [0.2, 0.25) is 0 Å². The fraction of sp³-hybridized carbons (Fsp3) is 0.962. The summed E-state index contributed by atoms with van der Waals surface area (Å²) in [5.74, 6) is 0. The standard InChI is InChI=1S/C26H50N7O/c1-30-8-10-31(11-9-30)20-4-6-27-23(16-20)25-18-22(34)19-26(29-25)24-17-21(5-7-28-24)32-12-14-33(2,3)15-13-32/h7,20-27,29,34H,4-6,8-19H2,1-3H3/q+1. The van der Waals surface area contributed by atoms with E-state index in [1.54, 1.807) is 0 Å². The third-order valence-electron chi connectivity index (χ3n) is 9.58. The van der Waals surface area contributed by atoms with Gasteiger partial charge in [-0.25, -0.2) is 0 Å². The van der Waals surface area contributed by atoms with Gasteiger partial charge in [-0.15, -0.1) is 0 Å². The zero-order valence-electron chi connectivity index (χ0n) is 21.9. The Hall–Kier alpha value is -0.610. The van der Waals surface area contributed by atoms with Crippen LogP contribution >= 0.6 is 0 Å². The zero-order valence-corrected chi connectivity index (χ0v) is 21.9. The van der Waals surface area contributed by atoms with E-state index in [0.29, 0.717) is 24.2 Å². The Morgan fingerprint density at radius 1 is 0.853 bits per heavy atom. The average Bonchev–Trinajstić information content (AvgIpc) is 2.84. The van der Waals surface area contributed by atoms with Crippen LogP contribution in [0.5, 0.6) is 0 Å². The molecule has 4 saturated heterocycles. The SMILES string of the molecule is CN1CCN(C2CCNC(C3CC(O)CC(C4CC(N5CC[N+](C)(C)CC5)CC=N4)N3)C2)CC1. The van der Waals surface area contributed by atoms with Crippen molar-refractivity contribution in [1.82, 2.24) is 25.3 Å². The molecule has 5 heterocycles. The van der Waals surface area contributed by atoms with Crippen molar-refractivity contribution in [1.29, 1.82) is 0 Å². The van der Waals surface area contributed by atoms with Crippen molar-refractivity contribution in [2.45, 2.75) is 80.9 Å². The van der Waals surface area contributed by atoms with Gasteiger partial charge in [-0.2, -0.15) is 0 Å². The van der Waals surface area contributed by atoms with E-state index >= 15 is 0 Å². The number of nitrogens with zero attached hydrogens (tertiary/aromatic N) is 5. The first-order valence-electron chi connectivity index (χ1n) is 14.0. The highest BCUT2D eigenvalue weighted by atomic mass is 16.3. The van der Waals surface area contributed by atoms with Crippen molar-refractivity contribution in [3.63, 3.8) is 0 Å². The minimum Gasteiger partial charge on any atom is -0.393 e. The van der Waals surface area contributed by atoms with Gasteiger partial charge in [0, 0.05) is 75.7 Å². The van der Waals surface area contributed by atoms with Gasteiger partial charge in [0.15, 0.2) is 0 Å². The van der Waals surface area contributed by atoms with Crippen LogP contribution in [0.15, 0.2) is 4.99 Å². The van der Waals surface area contributed by atoms with Crippen molar-refractivity contribution in [3.05, 3.63) is 0 Å². The van der Waals surface area contributed by atoms with Gasteiger partial charge >= 0.3 is 0 Å². The van der Waals surface area contributed by atoms with Gasteiger partial charge < -0.3 is 25.1 Å². The third kappa shape index (κ3) is 6.02. The van der Waals surface area contributed by atoms with Gasteiger partial charge in [0.05, 0.1) is 39.3 Å². The smallest absolute Gasteiger partial charge is 0.0912 e. The number of hydrogen-bond acceptors (Lipinski definition) is 7. The highest BCUT2D eigenvalue weighted by molar-refractivity contribution is 5.59. The van der Waals surface area contributed by atoms with Crippen LogP contribution in [-0.2, 0) is 0 Å². The molecule has 34 heavy (non-hydrogen) atoms. The Morgan fingerprint density at radius 3 is 2.32 bits per heavy atom. The van der Waals surface area contributed by atoms with Gasteiger partial charge in [-0.1, -0.05) is 0 Å². The number of likely N-dealkylation sites (N-methyl/N-ethyl adjacent to an activating group) is 2. The normalized spacial score (nSPS) is 43.1. The number of aliphatic hydroxyl groups is 1. The molecule has 0 saturated carbocycles. The van der Waals surface area contributed by atoms with Crippen LogP contribution in [0.3, 0.4) is 0 Å². The first-order chi connectivity index (χ1) is 16.4. The molecule has 3 N–H and O–H groups in total. The number of nitrogens with one attached hydrogen (secondary N) is 2. The van der Waals surface area contributed by atoms with Crippen molar-refractivity contribution in [2.24, 2.45) is 4.99 Å². The Morgan fingerprint density at radius 2 is 1.56 bits per heavy atom. The van der Waals surface area contributed by atoms with Crippen molar-refractivity contribution in [3.8, 4) is 0 Å². The van der Waals surface area contributed by atoms with Crippen LogP contribution in [0.25, 0.3) is 0 Å². The number of hydrogen-bond donors (Lipinski definition) is 3. The molecule has 8 heteroatoms. The Balaban J connectivity index is 1.17. The topological polar surface area (TPSA) is 66.4 Å². The monoisotopic (exact) mass is 476 g/mol. The highest BCUT2D eigenvalue weighted by Gasteiger charge is 2.40. The Bertz CT molecular complexity index is 685. The molecule has 0 aromatic carbocycles. The molecule has 0 spiro atoms. The molecule has 194 valence electrons. The summed E-state index contributed by atoms with van der Waals surface area (Å²) < 4.78 is 1.14. The van der Waals surface area contributed by atoms with Gasteiger partial charge in [-0.3, -0.25) is 14.8 Å². The van der Waals surface area contributed by atoms with E-state index in [1.165, 1.54) is 65.2 Å². The quantitative estimate of drug-likeness (QED) is 0.490. The molecule has 0 aromatic rings. The van der Waals surface area contributed by atoms with Crippen LogP contribution in [0, 0.1) is 0 Å². The van der Waals surface area contributed by atoms with Crippen LogP contribution in [-0.4, -0.2) is 153 Å². The van der Waals surface area contributed by atoms with Crippen LogP contribution in [0.4, 0.5) is 0 Å². The largest absolute Gasteiger partial charge is 0.393 e. The fourth-order valence-electron chi connectivity index (χ4n) is 7.10. The summed E-state index contributed by atoms with van der Waals surface area (Å²) in [5, 5.41) is 18.7. The number of piperidine rings is 2. The fourth-order valence-corrected chi connectivity index (χ4v) is 7.10. The highest BCUT2D eigenvalue weighted by Crippen LogP contribution is 2.29. The maximum atomic E-state index is 10.9. The molecule has 0 aromatic heterocycles. The molecule has 0 amide bonds. The third-order valence-corrected chi connectivity index (χ3v) is 9.58. The summed E-state index contributed by atoms with van der Waals surface area (Å²) in [6.45, 7) is 10.7. The lowest BCUT2D eigenvalue weighted by Gasteiger charge is -2.47. The molecule has 5 aliphatic rings. The van der Waals surface area contributed by atoms with Crippen molar-refractivity contribution in [2.75, 3.05) is 80.0 Å². The molecular weight excluding hydrogens is 426 g/mol. The molecule has 4 fully saturated rings. The minimum absolute atomic E-state index is 0.217. The van der Waals surface area contributed by atoms with Gasteiger partial charge in [-0.05, 0) is 52.1 Å². The second kappa shape index (κ2) is 10.8. The molecule has 0 radical (unpaired) electrons. The maximum Gasteiger partial charge on any atom is 0.0912 e. The van der Waals surface area contributed by atoms with Gasteiger partial charge in [0.1, 0.15) is 0 Å². The lowest BCUT2D eigenvalue weighted by molar-refractivity contribution is -0.894. The summed E-state index contributed by atoms with van der Waals surface area (Å²) in [5.41, 5.74) is 0. The van der Waals surface area contributed by atoms with E-state index in [0.717, 1.165) is 36.7 Å². The molecule has 7 atom stereocenters. The second-order valence-corrected chi connectivity index (χ2v) is 12.5. The van der Waals surface area contributed by atoms with Crippen molar-refractivity contribution < 1.29 is 9.59 Å². The van der Waals surface area contributed by atoms with Gasteiger partial charge in [0.25, 0.3) is 0 Å². The van der Waals surface area contributed by atoms with E-state index in [1.807, 2.05) is 0 Å². The molecule has 0 aliphatic carbocycles. The van der Waals surface area contributed by atoms with E-state index in [4.69, 9.17) is 4.99 Å². The number of quaternary nitrogens is 1. The van der Waals surface area contributed by atoms with Gasteiger partial charge in [0.2, 0.25) is 0 Å². The van der Waals surface area contributed by atoms with E-state index < -0.39 is 0 Å². The average molecular weight is 477 g/mol. The first-order valence-corrected chi connectivity index (χ1v) is 14.0. The molecule has 7 unspecified atom stereocenters. The molecule has 5 aliphatic heterocycles. The van der Waals surface area contributed by atoms with E-state index in [9.17, 15) is 5.11 Å². The minimum atomic E-state index is -0.217. The summed E-state index contributed by atoms with van der Waals surface area (Å²) in [4.78, 5) is 12.9. The Kier molecular flexibility index (Phi) is 7.95. The predicted molar refractivity (Wildman–Crippen MR) is 139 cm³/mol. The first kappa shape index (κ1) is 25.1. The second-order valence-electron chi connectivity index (χ2n) is 12.5. The van der Waals surface area contributed by atoms with Crippen LogP contribution < -0.4 is 10.6 Å². The van der Waals surface area contributed by atoms with Crippen molar-refractivity contribution >= 4 is 6.21 Å². The summed E-state index contributed by atoms with van der Waals surface area (Å²) in [7, 11) is 6.94. The number of aliphatic hydroxyl groups excluding tert-OH is 1. The molecule has 5 rings (SSSR count). The van der Waals surface area contributed by atoms with E-state index in [-0.39, 0.29) is 18.2 Å². The maximum absolute atomic E-state index is 10.9. The molecule has 0 bridgehead atoms. The zero-order chi connectivity index (χ0) is 23.7. The Labute approximate surface area is 207 Å². The van der Waals surface area contributed by atoms with Crippen LogP contribution in [0.1, 0.15) is 38.5 Å². The summed E-state index contributed by atoms with van der Waals surface area (Å²) in [6.07, 6.45) is 8.33.